The number of carboxylic acid groups (broad SMARTS) is 1. The third kappa shape index (κ3) is 3.49. The van der Waals surface area contributed by atoms with Gasteiger partial charge in [0.15, 0.2) is 11.5 Å². The lowest BCUT2D eigenvalue weighted by Crippen LogP contribution is -2.34. The van der Waals surface area contributed by atoms with Crippen LogP contribution in [0.4, 0.5) is 20.8 Å². The third-order valence-electron chi connectivity index (χ3n) is 3.82. The van der Waals surface area contributed by atoms with Crippen LogP contribution in [0.1, 0.15) is 18.5 Å². The molecule has 0 saturated heterocycles. The molecule has 0 aliphatic carbocycles. The summed E-state index contributed by atoms with van der Waals surface area (Å²) in [6.07, 6.45) is 2.29. The van der Waals surface area contributed by atoms with Crippen LogP contribution in [0, 0.1) is 5.82 Å². The lowest BCUT2D eigenvalue weighted by atomic mass is 10.1. The Bertz CT molecular complexity index is 994. The lowest BCUT2D eigenvalue weighted by molar-refractivity contribution is 0.199. The number of nitrogen functional groups attached to an aromatic ring is 1. The van der Waals surface area contributed by atoms with Gasteiger partial charge in [0.2, 0.25) is 0 Å². The number of pyridine rings is 1. The van der Waals surface area contributed by atoms with E-state index in [1.165, 1.54) is 24.1 Å². The van der Waals surface area contributed by atoms with E-state index in [4.69, 9.17) is 17.3 Å². The Morgan fingerprint density at radius 2 is 2.07 bits per heavy atom. The van der Waals surface area contributed by atoms with Gasteiger partial charge in [-0.3, -0.25) is 4.90 Å². The van der Waals surface area contributed by atoms with E-state index in [1.807, 2.05) is 0 Å². The maximum absolute atomic E-state index is 13.6. The molecular weight excluding hydrogens is 379 g/mol. The third-order valence-corrected chi connectivity index (χ3v) is 4.13. The van der Waals surface area contributed by atoms with Gasteiger partial charge in [-0.1, -0.05) is 16.8 Å². The Morgan fingerprint density at radius 3 is 2.70 bits per heavy atom. The quantitative estimate of drug-likeness (QED) is 0.645. The highest BCUT2D eigenvalue weighted by atomic mass is 35.5. The van der Waals surface area contributed by atoms with Gasteiger partial charge in [0, 0.05) is 12.6 Å². The molecule has 10 nitrogen and oxygen atoms in total. The first kappa shape index (κ1) is 18.5. The van der Waals surface area contributed by atoms with Crippen LogP contribution in [-0.4, -0.2) is 41.1 Å². The fourth-order valence-electron chi connectivity index (χ4n) is 2.56. The van der Waals surface area contributed by atoms with Gasteiger partial charge in [0.25, 0.3) is 0 Å². The number of anilines is 2. The first-order chi connectivity index (χ1) is 12.8. The molecule has 0 fully saturated rings. The predicted octanol–water partition coefficient (Wildman–Crippen LogP) is 2.29. The lowest BCUT2D eigenvalue weighted by Gasteiger charge is -2.27. The highest BCUT2D eigenvalue weighted by Gasteiger charge is 2.31. The fourth-order valence-corrected chi connectivity index (χ4v) is 2.82. The van der Waals surface area contributed by atoms with Crippen molar-refractivity contribution in [3.05, 3.63) is 41.2 Å². The zero-order valence-corrected chi connectivity index (χ0v) is 15.0. The number of amides is 1. The van der Waals surface area contributed by atoms with Crippen molar-refractivity contribution in [2.45, 2.75) is 13.0 Å². The smallest absolute Gasteiger partial charge is 0.413 e. The van der Waals surface area contributed by atoms with Crippen LogP contribution in [0.3, 0.4) is 0 Å². The van der Waals surface area contributed by atoms with E-state index < -0.39 is 18.0 Å². The number of halogens is 2. The number of rotatable bonds is 4. The first-order valence-corrected chi connectivity index (χ1v) is 7.98. The van der Waals surface area contributed by atoms with Crippen LogP contribution in [0.2, 0.25) is 5.15 Å². The molecule has 12 heteroatoms. The van der Waals surface area contributed by atoms with Crippen molar-refractivity contribution in [3.8, 4) is 11.4 Å². The van der Waals surface area contributed by atoms with E-state index in [0.717, 1.165) is 17.2 Å². The number of nitrogens with two attached hydrogens (primary N) is 1. The summed E-state index contributed by atoms with van der Waals surface area (Å²) in [6, 6.07) is 0.235. The second-order valence-electron chi connectivity index (χ2n) is 5.57. The molecule has 3 rings (SSSR count). The van der Waals surface area contributed by atoms with E-state index in [-0.39, 0.29) is 33.7 Å². The topological polar surface area (TPSA) is 136 Å². The molecule has 3 N–H and O–H groups in total. The van der Waals surface area contributed by atoms with Gasteiger partial charge >= 0.3 is 6.09 Å². The summed E-state index contributed by atoms with van der Waals surface area (Å²) >= 11 is 6.04. The number of carbonyl (C=O) groups is 1. The van der Waals surface area contributed by atoms with Crippen molar-refractivity contribution < 1.29 is 14.3 Å². The number of aromatic nitrogens is 6. The number of hydrogen-bond donors (Lipinski definition) is 2. The summed E-state index contributed by atoms with van der Waals surface area (Å²) < 4.78 is 14.9. The predicted molar refractivity (Wildman–Crippen MR) is 94.6 cm³/mol. The Labute approximate surface area is 157 Å². The maximum Gasteiger partial charge on any atom is 0.413 e. The molecule has 0 aromatic carbocycles. The standard InChI is InChI=1S/C15H14ClFN8O2/c1-7(9-3-8(17)4-21-13(9)16)25(15(26)27)14-12(22-23-24(14)2)10-5-20-11(18)6-19-10/h3-7H,1-2H3,(H2,18,20)(H,26,27)/t7-/m1/s1. The average Bonchev–Trinajstić information content (AvgIpc) is 2.99. The van der Waals surface area contributed by atoms with Crippen molar-refractivity contribution >= 4 is 29.3 Å². The molecule has 0 aliphatic rings. The summed E-state index contributed by atoms with van der Waals surface area (Å²) in [5, 5.41) is 17.7. The van der Waals surface area contributed by atoms with Crippen LogP contribution in [-0.2, 0) is 7.05 Å². The number of hydrogen-bond acceptors (Lipinski definition) is 7. The van der Waals surface area contributed by atoms with Gasteiger partial charge in [-0.05, 0) is 13.0 Å². The van der Waals surface area contributed by atoms with Crippen LogP contribution in [0.25, 0.3) is 11.4 Å². The number of aryl methyl sites for hydroxylation is 1. The van der Waals surface area contributed by atoms with Gasteiger partial charge in [0.05, 0.1) is 24.6 Å². The molecule has 140 valence electrons. The molecule has 3 aromatic rings. The van der Waals surface area contributed by atoms with Crippen LogP contribution in [0.5, 0.6) is 0 Å². The molecule has 0 radical (unpaired) electrons. The minimum atomic E-state index is -1.32. The van der Waals surface area contributed by atoms with Crippen LogP contribution in [0.15, 0.2) is 24.7 Å². The van der Waals surface area contributed by atoms with Crippen molar-refractivity contribution in [2.24, 2.45) is 7.05 Å². The zero-order chi connectivity index (χ0) is 19.7. The molecule has 1 amide bonds. The van der Waals surface area contributed by atoms with Crippen molar-refractivity contribution in [3.63, 3.8) is 0 Å². The molecule has 0 saturated carbocycles. The second-order valence-corrected chi connectivity index (χ2v) is 5.93. The SMILES string of the molecule is C[C@H](c1cc(F)cnc1Cl)N(C(=O)O)c1c(-c2cnc(N)cn2)nnn1C. The molecule has 0 bridgehead atoms. The fraction of sp³-hybridized carbons (Fsp3) is 0.200. The van der Waals surface area contributed by atoms with Gasteiger partial charge in [-0.25, -0.2) is 28.8 Å². The highest BCUT2D eigenvalue weighted by molar-refractivity contribution is 6.30. The van der Waals surface area contributed by atoms with Gasteiger partial charge in [-0.2, -0.15) is 0 Å². The molecule has 3 aromatic heterocycles. The second kappa shape index (κ2) is 7.11. The summed E-state index contributed by atoms with van der Waals surface area (Å²) in [7, 11) is 1.52. The Hall–Kier alpha value is -3.34. The maximum atomic E-state index is 13.6. The van der Waals surface area contributed by atoms with E-state index in [0.29, 0.717) is 0 Å². The van der Waals surface area contributed by atoms with Crippen LogP contribution < -0.4 is 10.6 Å². The van der Waals surface area contributed by atoms with Crippen LogP contribution >= 0.6 is 11.6 Å². The Balaban J connectivity index is 2.14. The Kier molecular flexibility index (Phi) is 4.86. The summed E-state index contributed by atoms with van der Waals surface area (Å²) in [6.45, 7) is 1.54. The molecule has 0 spiro atoms. The zero-order valence-electron chi connectivity index (χ0n) is 14.2. The van der Waals surface area contributed by atoms with E-state index in [2.05, 4.69) is 25.3 Å². The van der Waals surface area contributed by atoms with Crippen molar-refractivity contribution in [1.82, 2.24) is 29.9 Å². The van der Waals surface area contributed by atoms with E-state index in [9.17, 15) is 14.3 Å². The molecule has 27 heavy (non-hydrogen) atoms. The largest absolute Gasteiger partial charge is 0.465 e. The van der Waals surface area contributed by atoms with Gasteiger partial charge in [0.1, 0.15) is 22.5 Å². The molecule has 0 aliphatic heterocycles. The van der Waals surface area contributed by atoms with Crippen molar-refractivity contribution in [1.29, 1.82) is 0 Å². The molecular formula is C15H14ClFN8O2. The van der Waals surface area contributed by atoms with Crippen molar-refractivity contribution in [2.75, 3.05) is 10.6 Å². The Morgan fingerprint density at radius 1 is 1.33 bits per heavy atom. The summed E-state index contributed by atoms with van der Waals surface area (Å²) in [5.41, 5.74) is 6.16. The summed E-state index contributed by atoms with van der Waals surface area (Å²) in [4.78, 5) is 24.8. The molecule has 1 atom stereocenters. The number of nitrogens with zero attached hydrogens (tertiary/aromatic N) is 7. The minimum Gasteiger partial charge on any atom is -0.465 e. The average molecular weight is 393 g/mol. The van der Waals surface area contributed by atoms with Gasteiger partial charge in [-0.15, -0.1) is 5.10 Å². The normalized spacial score (nSPS) is 12.0. The first-order valence-electron chi connectivity index (χ1n) is 7.60. The summed E-state index contributed by atoms with van der Waals surface area (Å²) in [5.74, 6) is -0.334. The minimum absolute atomic E-state index is 0.0147. The molecule has 3 heterocycles. The van der Waals surface area contributed by atoms with Gasteiger partial charge < -0.3 is 10.8 Å². The highest BCUT2D eigenvalue weighted by Crippen LogP contribution is 2.35. The monoisotopic (exact) mass is 392 g/mol. The van der Waals surface area contributed by atoms with E-state index in [1.54, 1.807) is 6.92 Å². The van der Waals surface area contributed by atoms with E-state index >= 15 is 0 Å². The molecule has 0 unspecified atom stereocenters.